The third-order valence-electron chi connectivity index (χ3n) is 4.61. The van der Waals surface area contributed by atoms with Gasteiger partial charge < -0.3 is 10.2 Å². The molecule has 4 nitrogen and oxygen atoms in total. The van der Waals surface area contributed by atoms with Crippen molar-refractivity contribution >= 4 is 11.6 Å². The van der Waals surface area contributed by atoms with Gasteiger partial charge in [-0.25, -0.2) is 4.39 Å². The molecule has 0 unspecified atom stereocenters. The van der Waals surface area contributed by atoms with E-state index in [1.807, 2.05) is 50.2 Å². The van der Waals surface area contributed by atoms with E-state index >= 15 is 0 Å². The van der Waals surface area contributed by atoms with E-state index in [9.17, 15) is 9.18 Å². The summed E-state index contributed by atoms with van der Waals surface area (Å²) in [5.74, 6) is -0.225. The van der Waals surface area contributed by atoms with Gasteiger partial charge >= 0.3 is 0 Å². The first-order valence-electron chi connectivity index (χ1n) is 9.14. The number of rotatable bonds is 5. The minimum Gasteiger partial charge on any atom is -0.369 e. The van der Waals surface area contributed by atoms with E-state index in [4.69, 9.17) is 0 Å². The highest BCUT2D eigenvalue weighted by Gasteiger charge is 2.17. The number of benzene rings is 2. The van der Waals surface area contributed by atoms with Crippen LogP contribution in [0.3, 0.4) is 0 Å². The molecule has 0 saturated carbocycles. The highest BCUT2D eigenvalue weighted by atomic mass is 19.1. The zero-order valence-electron chi connectivity index (χ0n) is 15.4. The number of carbonyl (C=O) groups is 1. The van der Waals surface area contributed by atoms with Gasteiger partial charge in [0.25, 0.3) is 5.91 Å². The molecule has 0 aromatic heterocycles. The lowest BCUT2D eigenvalue weighted by atomic mass is 10.1. The second-order valence-electron chi connectivity index (χ2n) is 7.06. The van der Waals surface area contributed by atoms with Gasteiger partial charge in [0.15, 0.2) is 0 Å². The number of hydrogen-bond acceptors (Lipinski definition) is 3. The average molecular weight is 355 g/mol. The van der Waals surface area contributed by atoms with Crippen LogP contribution in [0.4, 0.5) is 10.1 Å². The van der Waals surface area contributed by atoms with Crippen molar-refractivity contribution in [2.45, 2.75) is 26.4 Å². The zero-order valence-corrected chi connectivity index (χ0v) is 15.4. The Morgan fingerprint density at radius 1 is 1.00 bits per heavy atom. The van der Waals surface area contributed by atoms with Gasteiger partial charge in [0, 0.05) is 50.0 Å². The molecular formula is C21H26FN3O. The van der Waals surface area contributed by atoms with Crippen molar-refractivity contribution in [2.75, 3.05) is 31.1 Å². The fraction of sp³-hybridized carbons (Fsp3) is 0.381. The highest BCUT2D eigenvalue weighted by Crippen LogP contribution is 2.18. The molecule has 1 amide bonds. The quantitative estimate of drug-likeness (QED) is 0.894. The maximum Gasteiger partial charge on any atom is 0.251 e. The van der Waals surface area contributed by atoms with Crippen molar-refractivity contribution < 1.29 is 9.18 Å². The third-order valence-corrected chi connectivity index (χ3v) is 4.61. The maximum atomic E-state index is 13.0. The van der Waals surface area contributed by atoms with Gasteiger partial charge in [0.1, 0.15) is 5.82 Å². The molecule has 2 aromatic carbocycles. The van der Waals surface area contributed by atoms with Crippen molar-refractivity contribution in [3.8, 4) is 0 Å². The molecule has 1 aliphatic heterocycles. The lowest BCUT2D eigenvalue weighted by Gasteiger charge is -2.36. The van der Waals surface area contributed by atoms with Crippen molar-refractivity contribution in [3.63, 3.8) is 0 Å². The van der Waals surface area contributed by atoms with E-state index in [1.165, 1.54) is 17.7 Å². The lowest BCUT2D eigenvalue weighted by Crippen LogP contribution is -2.45. The summed E-state index contributed by atoms with van der Waals surface area (Å²) in [7, 11) is 0. The van der Waals surface area contributed by atoms with Crippen molar-refractivity contribution in [2.24, 2.45) is 0 Å². The molecule has 1 N–H and O–H groups in total. The van der Waals surface area contributed by atoms with Crippen LogP contribution in [0.1, 0.15) is 29.8 Å². The van der Waals surface area contributed by atoms with Crippen LogP contribution in [0.2, 0.25) is 0 Å². The zero-order chi connectivity index (χ0) is 18.5. The molecule has 1 aliphatic rings. The molecular weight excluding hydrogens is 329 g/mol. The van der Waals surface area contributed by atoms with Crippen molar-refractivity contribution in [1.82, 2.24) is 10.2 Å². The molecule has 0 aliphatic carbocycles. The Kier molecular flexibility index (Phi) is 5.89. The Hall–Kier alpha value is -2.40. The van der Waals surface area contributed by atoms with Crippen molar-refractivity contribution in [3.05, 3.63) is 65.5 Å². The Balaban J connectivity index is 1.51. The van der Waals surface area contributed by atoms with Crippen LogP contribution in [0.15, 0.2) is 48.5 Å². The van der Waals surface area contributed by atoms with E-state index < -0.39 is 0 Å². The molecule has 1 fully saturated rings. The molecule has 26 heavy (non-hydrogen) atoms. The standard InChI is InChI=1S/C21H26FN3O/c1-16(2)23-21(26)18-5-3-17(4-6-18)15-24-11-13-25(14-12-24)20-9-7-19(22)8-10-20/h3-10,16H,11-15H2,1-2H3,(H,23,26). The number of hydrogen-bond donors (Lipinski definition) is 1. The number of nitrogens with zero attached hydrogens (tertiary/aromatic N) is 2. The monoisotopic (exact) mass is 355 g/mol. The second-order valence-corrected chi connectivity index (χ2v) is 7.06. The van der Waals surface area contributed by atoms with Crippen LogP contribution >= 0.6 is 0 Å². The number of carbonyl (C=O) groups excluding carboxylic acids is 1. The topological polar surface area (TPSA) is 35.6 Å². The summed E-state index contributed by atoms with van der Waals surface area (Å²) in [5.41, 5.74) is 2.98. The number of amides is 1. The Morgan fingerprint density at radius 3 is 2.19 bits per heavy atom. The Morgan fingerprint density at radius 2 is 1.62 bits per heavy atom. The summed E-state index contributed by atoms with van der Waals surface area (Å²) in [6.07, 6.45) is 0. The van der Waals surface area contributed by atoms with E-state index in [1.54, 1.807) is 0 Å². The fourth-order valence-corrected chi connectivity index (χ4v) is 3.18. The second kappa shape index (κ2) is 8.32. The van der Waals surface area contributed by atoms with Crippen molar-refractivity contribution in [1.29, 1.82) is 0 Å². The molecule has 3 rings (SSSR count). The molecule has 0 radical (unpaired) electrons. The smallest absolute Gasteiger partial charge is 0.251 e. The molecule has 1 saturated heterocycles. The summed E-state index contributed by atoms with van der Waals surface area (Å²) in [6.45, 7) is 8.58. The average Bonchev–Trinajstić information content (AvgIpc) is 2.63. The summed E-state index contributed by atoms with van der Waals surface area (Å²) < 4.78 is 13.0. The molecule has 0 bridgehead atoms. The minimum absolute atomic E-state index is 0.0283. The van der Waals surface area contributed by atoms with Gasteiger partial charge in [-0.05, 0) is 55.8 Å². The van der Waals surface area contributed by atoms with Gasteiger partial charge in [-0.3, -0.25) is 9.69 Å². The number of nitrogens with one attached hydrogen (secondary N) is 1. The normalized spacial score (nSPS) is 15.3. The van der Waals surface area contributed by atoms with E-state index in [0.717, 1.165) is 38.4 Å². The van der Waals surface area contributed by atoms with E-state index in [0.29, 0.717) is 5.56 Å². The third kappa shape index (κ3) is 4.82. The Bertz CT molecular complexity index is 720. The van der Waals surface area contributed by atoms with Crippen LogP contribution in [-0.4, -0.2) is 43.0 Å². The summed E-state index contributed by atoms with van der Waals surface area (Å²) in [4.78, 5) is 16.7. The summed E-state index contributed by atoms with van der Waals surface area (Å²) in [5, 5.41) is 2.91. The Labute approximate surface area is 154 Å². The van der Waals surface area contributed by atoms with Crippen LogP contribution in [0, 0.1) is 5.82 Å². The van der Waals surface area contributed by atoms with Gasteiger partial charge in [0.05, 0.1) is 0 Å². The van der Waals surface area contributed by atoms with E-state index in [-0.39, 0.29) is 17.8 Å². The van der Waals surface area contributed by atoms with Crippen LogP contribution in [0.25, 0.3) is 0 Å². The predicted molar refractivity (Wildman–Crippen MR) is 103 cm³/mol. The summed E-state index contributed by atoms with van der Waals surface area (Å²) >= 11 is 0. The fourth-order valence-electron chi connectivity index (χ4n) is 3.18. The first-order valence-corrected chi connectivity index (χ1v) is 9.14. The van der Waals surface area contributed by atoms with Crippen LogP contribution in [0.5, 0.6) is 0 Å². The van der Waals surface area contributed by atoms with Gasteiger partial charge in [-0.15, -0.1) is 0 Å². The maximum absolute atomic E-state index is 13.0. The molecule has 138 valence electrons. The van der Waals surface area contributed by atoms with Gasteiger partial charge in [-0.1, -0.05) is 12.1 Å². The SMILES string of the molecule is CC(C)NC(=O)c1ccc(CN2CCN(c3ccc(F)cc3)CC2)cc1. The van der Waals surface area contributed by atoms with Gasteiger partial charge in [0.2, 0.25) is 0 Å². The number of piperazine rings is 1. The van der Waals surface area contributed by atoms with Crippen LogP contribution < -0.4 is 10.2 Å². The molecule has 1 heterocycles. The highest BCUT2D eigenvalue weighted by molar-refractivity contribution is 5.94. The summed E-state index contributed by atoms with van der Waals surface area (Å²) in [6, 6.07) is 14.7. The number of halogens is 1. The largest absolute Gasteiger partial charge is 0.369 e. The number of anilines is 1. The molecule has 0 atom stereocenters. The van der Waals surface area contributed by atoms with Crippen LogP contribution in [-0.2, 0) is 6.54 Å². The molecule has 2 aromatic rings. The predicted octanol–water partition coefficient (Wildman–Crippen LogP) is 3.29. The minimum atomic E-state index is -0.196. The molecule has 5 heteroatoms. The first-order chi connectivity index (χ1) is 12.5. The first kappa shape index (κ1) is 18.4. The lowest BCUT2D eigenvalue weighted by molar-refractivity contribution is 0.0943. The molecule has 0 spiro atoms. The van der Waals surface area contributed by atoms with Gasteiger partial charge in [-0.2, -0.15) is 0 Å². The van der Waals surface area contributed by atoms with E-state index in [2.05, 4.69) is 15.1 Å².